The van der Waals surface area contributed by atoms with E-state index in [4.69, 9.17) is 0 Å². The largest absolute Gasteiger partial charge is 0.354 e. The third-order valence-electron chi connectivity index (χ3n) is 2.55. The number of hydrogen-bond acceptors (Lipinski definition) is 1. The molecular formula is C13H14N2O. The molecule has 1 heterocycles. The molecule has 2 N–H and O–H groups in total. The Morgan fingerprint density at radius 3 is 2.44 bits per heavy atom. The van der Waals surface area contributed by atoms with Crippen LogP contribution in [0.5, 0.6) is 0 Å². The molecule has 2 aromatic rings. The normalized spacial score (nSPS) is 10.1. The van der Waals surface area contributed by atoms with E-state index in [1.807, 2.05) is 50.2 Å². The van der Waals surface area contributed by atoms with Gasteiger partial charge in [0.15, 0.2) is 0 Å². The molecule has 1 amide bonds. The highest BCUT2D eigenvalue weighted by molar-refractivity contribution is 6.03. The fraction of sp³-hybridized carbons (Fsp3) is 0.154. The number of rotatable bonds is 2. The third kappa shape index (κ3) is 2.14. The van der Waals surface area contributed by atoms with Gasteiger partial charge in [0, 0.05) is 11.4 Å². The van der Waals surface area contributed by atoms with Crippen molar-refractivity contribution in [2.75, 3.05) is 5.32 Å². The third-order valence-corrected chi connectivity index (χ3v) is 2.55. The van der Waals surface area contributed by atoms with Gasteiger partial charge in [0.25, 0.3) is 5.91 Å². The molecule has 0 aliphatic carbocycles. The minimum absolute atomic E-state index is 0.109. The van der Waals surface area contributed by atoms with Gasteiger partial charge in [-0.2, -0.15) is 0 Å². The molecular weight excluding hydrogens is 200 g/mol. The van der Waals surface area contributed by atoms with Crippen LogP contribution in [0.15, 0.2) is 36.4 Å². The van der Waals surface area contributed by atoms with Gasteiger partial charge in [-0.05, 0) is 37.6 Å². The van der Waals surface area contributed by atoms with Crippen LogP contribution in [-0.4, -0.2) is 10.9 Å². The van der Waals surface area contributed by atoms with E-state index in [0.717, 1.165) is 16.9 Å². The van der Waals surface area contributed by atoms with E-state index in [1.165, 1.54) is 0 Å². The van der Waals surface area contributed by atoms with E-state index in [2.05, 4.69) is 10.3 Å². The van der Waals surface area contributed by atoms with E-state index in [1.54, 1.807) is 0 Å². The number of H-pyrrole nitrogens is 1. The van der Waals surface area contributed by atoms with E-state index in [9.17, 15) is 4.79 Å². The van der Waals surface area contributed by atoms with Crippen molar-refractivity contribution in [2.45, 2.75) is 13.8 Å². The van der Waals surface area contributed by atoms with Gasteiger partial charge in [-0.15, -0.1) is 0 Å². The number of aromatic nitrogens is 1. The average Bonchev–Trinajstić information content (AvgIpc) is 2.61. The van der Waals surface area contributed by atoms with Crippen LogP contribution < -0.4 is 5.32 Å². The van der Waals surface area contributed by atoms with Crippen molar-refractivity contribution in [3.05, 3.63) is 53.3 Å². The van der Waals surface area contributed by atoms with Crippen LogP contribution in [0.3, 0.4) is 0 Å². The molecule has 16 heavy (non-hydrogen) atoms. The molecule has 3 heteroatoms. The first kappa shape index (κ1) is 10.5. The van der Waals surface area contributed by atoms with E-state index in [-0.39, 0.29) is 5.91 Å². The van der Waals surface area contributed by atoms with E-state index < -0.39 is 0 Å². The molecule has 0 saturated heterocycles. The summed E-state index contributed by atoms with van der Waals surface area (Å²) in [6, 6.07) is 11.3. The fourth-order valence-corrected chi connectivity index (χ4v) is 1.50. The first-order valence-electron chi connectivity index (χ1n) is 5.19. The van der Waals surface area contributed by atoms with Crippen LogP contribution in [0.2, 0.25) is 0 Å². The van der Waals surface area contributed by atoms with Crippen LogP contribution in [0, 0.1) is 13.8 Å². The molecule has 0 radical (unpaired) electrons. The van der Waals surface area contributed by atoms with Crippen LogP contribution in [-0.2, 0) is 0 Å². The summed E-state index contributed by atoms with van der Waals surface area (Å²) in [5.41, 5.74) is 3.52. The molecule has 0 saturated carbocycles. The van der Waals surface area contributed by atoms with Gasteiger partial charge < -0.3 is 10.3 Å². The molecule has 1 aromatic carbocycles. The smallest absolute Gasteiger partial charge is 0.272 e. The monoisotopic (exact) mass is 214 g/mol. The van der Waals surface area contributed by atoms with Crippen LogP contribution >= 0.6 is 0 Å². The molecule has 0 atom stereocenters. The lowest BCUT2D eigenvalue weighted by atomic mass is 10.2. The van der Waals surface area contributed by atoms with Gasteiger partial charge in [0.2, 0.25) is 0 Å². The van der Waals surface area contributed by atoms with Gasteiger partial charge in [0.05, 0.1) is 0 Å². The number of para-hydroxylation sites is 1. The number of nitrogens with one attached hydrogen (secondary N) is 2. The first-order valence-corrected chi connectivity index (χ1v) is 5.19. The second kappa shape index (κ2) is 4.23. The highest BCUT2D eigenvalue weighted by Crippen LogP contribution is 2.11. The fourth-order valence-electron chi connectivity index (χ4n) is 1.50. The highest BCUT2D eigenvalue weighted by atomic mass is 16.1. The summed E-state index contributed by atoms with van der Waals surface area (Å²) in [6.07, 6.45) is 0. The Morgan fingerprint density at radius 1 is 1.19 bits per heavy atom. The van der Waals surface area contributed by atoms with Gasteiger partial charge in [-0.25, -0.2) is 0 Å². The minimum Gasteiger partial charge on any atom is -0.354 e. The van der Waals surface area contributed by atoms with Crippen molar-refractivity contribution in [1.82, 2.24) is 4.98 Å². The number of anilines is 1. The van der Waals surface area contributed by atoms with Crippen LogP contribution in [0.25, 0.3) is 0 Å². The quantitative estimate of drug-likeness (QED) is 0.793. The summed E-state index contributed by atoms with van der Waals surface area (Å²) in [5.74, 6) is -0.109. The Morgan fingerprint density at radius 2 is 1.88 bits per heavy atom. The maximum Gasteiger partial charge on any atom is 0.272 e. The van der Waals surface area contributed by atoms with Gasteiger partial charge in [-0.1, -0.05) is 18.2 Å². The number of aromatic amines is 1. The zero-order valence-corrected chi connectivity index (χ0v) is 9.37. The molecule has 82 valence electrons. The van der Waals surface area contributed by atoms with Gasteiger partial charge in [-0.3, -0.25) is 4.79 Å². The summed E-state index contributed by atoms with van der Waals surface area (Å²) in [6.45, 7) is 3.93. The van der Waals surface area contributed by atoms with Crippen molar-refractivity contribution >= 4 is 11.6 Å². The minimum atomic E-state index is -0.109. The van der Waals surface area contributed by atoms with Gasteiger partial charge in [0.1, 0.15) is 5.69 Å². The molecule has 3 nitrogen and oxygen atoms in total. The molecule has 1 aromatic heterocycles. The molecule has 0 fully saturated rings. The summed E-state index contributed by atoms with van der Waals surface area (Å²) in [5, 5.41) is 2.83. The summed E-state index contributed by atoms with van der Waals surface area (Å²) < 4.78 is 0. The van der Waals surface area contributed by atoms with Gasteiger partial charge >= 0.3 is 0 Å². The predicted octanol–water partition coefficient (Wildman–Crippen LogP) is 2.88. The van der Waals surface area contributed by atoms with Crippen molar-refractivity contribution in [1.29, 1.82) is 0 Å². The zero-order chi connectivity index (χ0) is 11.5. The Bertz CT molecular complexity index is 480. The topological polar surface area (TPSA) is 44.9 Å². The molecule has 2 rings (SSSR count). The number of hydrogen-bond donors (Lipinski definition) is 2. The van der Waals surface area contributed by atoms with Crippen molar-refractivity contribution in [3.63, 3.8) is 0 Å². The second-order valence-corrected chi connectivity index (χ2v) is 3.81. The summed E-state index contributed by atoms with van der Waals surface area (Å²) >= 11 is 0. The van der Waals surface area contributed by atoms with Crippen LogP contribution in [0.1, 0.15) is 21.7 Å². The summed E-state index contributed by atoms with van der Waals surface area (Å²) in [4.78, 5) is 14.9. The predicted molar refractivity (Wildman–Crippen MR) is 64.7 cm³/mol. The molecule has 0 bridgehead atoms. The first-order chi connectivity index (χ1) is 7.66. The lowest BCUT2D eigenvalue weighted by Crippen LogP contribution is -2.12. The number of aryl methyl sites for hydroxylation is 2. The standard InChI is InChI=1S/C13H14N2O/c1-9-8-12(14-10(9)2)13(16)15-11-6-4-3-5-7-11/h3-8,14H,1-2H3,(H,15,16). The molecule has 0 unspecified atom stereocenters. The lowest BCUT2D eigenvalue weighted by Gasteiger charge is -2.02. The second-order valence-electron chi connectivity index (χ2n) is 3.81. The Balaban J connectivity index is 2.15. The Kier molecular flexibility index (Phi) is 2.77. The van der Waals surface area contributed by atoms with E-state index in [0.29, 0.717) is 5.69 Å². The van der Waals surface area contributed by atoms with E-state index >= 15 is 0 Å². The number of amides is 1. The maximum absolute atomic E-state index is 11.8. The zero-order valence-electron chi connectivity index (χ0n) is 9.37. The number of benzene rings is 1. The Labute approximate surface area is 94.5 Å². The molecule has 0 aliphatic heterocycles. The van der Waals surface area contributed by atoms with Crippen molar-refractivity contribution < 1.29 is 4.79 Å². The average molecular weight is 214 g/mol. The highest BCUT2D eigenvalue weighted by Gasteiger charge is 2.09. The Hall–Kier alpha value is -2.03. The molecule has 0 aliphatic rings. The van der Waals surface area contributed by atoms with Crippen molar-refractivity contribution in [2.24, 2.45) is 0 Å². The number of carbonyl (C=O) groups excluding carboxylic acids is 1. The lowest BCUT2D eigenvalue weighted by molar-refractivity contribution is 0.102. The molecule has 0 spiro atoms. The SMILES string of the molecule is Cc1cc(C(=O)Nc2ccccc2)[nH]c1C. The maximum atomic E-state index is 11.8. The van der Waals surface area contributed by atoms with Crippen LogP contribution in [0.4, 0.5) is 5.69 Å². The van der Waals surface area contributed by atoms with Crippen molar-refractivity contribution in [3.8, 4) is 0 Å². The summed E-state index contributed by atoms with van der Waals surface area (Å²) in [7, 11) is 0. The number of carbonyl (C=O) groups is 1.